The van der Waals surface area contributed by atoms with E-state index in [0.717, 1.165) is 40.7 Å². The smallest absolute Gasteiger partial charge is 0.247 e. The molecule has 1 amide bonds. The van der Waals surface area contributed by atoms with Gasteiger partial charge in [-0.25, -0.2) is 0 Å². The Kier molecular flexibility index (Phi) is 6.62. The largest absolute Gasteiger partial charge is 0.496 e. The summed E-state index contributed by atoms with van der Waals surface area (Å²) < 4.78 is 17.1. The molecule has 0 radical (unpaired) electrons. The molecule has 3 rings (SSSR count). The van der Waals surface area contributed by atoms with Crippen molar-refractivity contribution < 1.29 is 19.0 Å². The number of benzene rings is 2. The first kappa shape index (κ1) is 20.3. The molecule has 1 aliphatic heterocycles. The van der Waals surface area contributed by atoms with Crippen LogP contribution in [0, 0.1) is 0 Å². The van der Waals surface area contributed by atoms with Crippen LogP contribution in [0.1, 0.15) is 30.0 Å². The Morgan fingerprint density at radius 2 is 1.75 bits per heavy atom. The average Bonchev–Trinajstić information content (AvgIpc) is 3.21. The van der Waals surface area contributed by atoms with Gasteiger partial charge in [-0.05, 0) is 54.8 Å². The average molecular weight is 446 g/mol. The molecule has 0 saturated carbocycles. The van der Waals surface area contributed by atoms with Crippen LogP contribution in [-0.2, 0) is 4.79 Å². The van der Waals surface area contributed by atoms with E-state index in [-0.39, 0.29) is 11.9 Å². The van der Waals surface area contributed by atoms with Crippen molar-refractivity contribution >= 4 is 27.9 Å². The van der Waals surface area contributed by atoms with Crippen molar-refractivity contribution in [2.75, 3.05) is 27.9 Å². The highest BCUT2D eigenvalue weighted by Crippen LogP contribution is 2.38. The van der Waals surface area contributed by atoms with Crippen molar-refractivity contribution in [3.8, 4) is 17.2 Å². The van der Waals surface area contributed by atoms with Gasteiger partial charge in [-0.1, -0.05) is 22.0 Å². The zero-order chi connectivity index (χ0) is 20.1. The number of hydrogen-bond donors (Lipinski definition) is 0. The molecule has 6 heteroatoms. The third-order valence-corrected chi connectivity index (χ3v) is 5.41. The number of likely N-dealkylation sites (tertiary alicyclic amines) is 1. The summed E-state index contributed by atoms with van der Waals surface area (Å²) >= 11 is 3.52. The summed E-state index contributed by atoms with van der Waals surface area (Å²) in [6, 6.07) is 11.5. The predicted molar refractivity (Wildman–Crippen MR) is 113 cm³/mol. The quantitative estimate of drug-likeness (QED) is 0.596. The maximum atomic E-state index is 12.9. The van der Waals surface area contributed by atoms with Crippen molar-refractivity contribution in [2.24, 2.45) is 0 Å². The normalized spacial score (nSPS) is 16.4. The Morgan fingerprint density at radius 3 is 2.46 bits per heavy atom. The molecular formula is C22H24BrNO4. The number of rotatable bonds is 6. The minimum atomic E-state index is -0.0145. The van der Waals surface area contributed by atoms with E-state index in [1.807, 2.05) is 41.3 Å². The fraction of sp³-hybridized carbons (Fsp3) is 0.318. The van der Waals surface area contributed by atoms with Crippen molar-refractivity contribution in [1.29, 1.82) is 0 Å². The Balaban J connectivity index is 1.80. The lowest BCUT2D eigenvalue weighted by atomic mass is 10.0. The summed E-state index contributed by atoms with van der Waals surface area (Å²) in [6.45, 7) is 0.732. The van der Waals surface area contributed by atoms with Gasteiger partial charge in [0.2, 0.25) is 5.91 Å². The minimum Gasteiger partial charge on any atom is -0.496 e. The van der Waals surface area contributed by atoms with E-state index in [1.54, 1.807) is 33.5 Å². The maximum absolute atomic E-state index is 12.9. The molecule has 0 aromatic heterocycles. The van der Waals surface area contributed by atoms with Crippen LogP contribution in [0.3, 0.4) is 0 Å². The highest BCUT2D eigenvalue weighted by atomic mass is 79.9. The van der Waals surface area contributed by atoms with Crippen molar-refractivity contribution in [2.45, 2.75) is 18.9 Å². The van der Waals surface area contributed by atoms with Gasteiger partial charge in [0.05, 0.1) is 27.4 Å². The van der Waals surface area contributed by atoms with Crippen LogP contribution in [0.4, 0.5) is 0 Å². The molecule has 1 aliphatic rings. The topological polar surface area (TPSA) is 48.0 Å². The van der Waals surface area contributed by atoms with Crippen LogP contribution in [0.15, 0.2) is 46.9 Å². The van der Waals surface area contributed by atoms with E-state index in [1.165, 1.54) is 0 Å². The summed E-state index contributed by atoms with van der Waals surface area (Å²) in [5.74, 6) is 2.08. The molecule has 28 heavy (non-hydrogen) atoms. The second-order valence-corrected chi connectivity index (χ2v) is 7.44. The number of amides is 1. The molecule has 2 aromatic rings. The second kappa shape index (κ2) is 9.15. The highest BCUT2D eigenvalue weighted by molar-refractivity contribution is 9.10. The Morgan fingerprint density at radius 1 is 1.04 bits per heavy atom. The summed E-state index contributed by atoms with van der Waals surface area (Å²) in [7, 11) is 4.85. The van der Waals surface area contributed by atoms with E-state index in [9.17, 15) is 4.79 Å². The van der Waals surface area contributed by atoms with Crippen LogP contribution < -0.4 is 14.2 Å². The molecule has 1 saturated heterocycles. The SMILES string of the molecule is COc1ccc(C=CC(=O)N2CCCC2c2cc(Br)ccc2OC)cc1OC. The first-order valence-corrected chi connectivity index (χ1v) is 9.90. The second-order valence-electron chi connectivity index (χ2n) is 6.52. The van der Waals surface area contributed by atoms with Gasteiger partial charge in [-0.15, -0.1) is 0 Å². The van der Waals surface area contributed by atoms with Gasteiger partial charge in [-0.2, -0.15) is 0 Å². The first-order valence-electron chi connectivity index (χ1n) is 9.11. The Labute approximate surface area is 174 Å². The van der Waals surface area contributed by atoms with Gasteiger partial charge < -0.3 is 19.1 Å². The predicted octanol–water partition coefficient (Wildman–Crippen LogP) is 4.85. The van der Waals surface area contributed by atoms with Crippen LogP contribution in [0.25, 0.3) is 6.08 Å². The third-order valence-electron chi connectivity index (χ3n) is 4.91. The Bertz CT molecular complexity index is 881. The zero-order valence-corrected chi connectivity index (χ0v) is 17.9. The van der Waals surface area contributed by atoms with Gasteiger partial charge in [0.25, 0.3) is 0 Å². The maximum Gasteiger partial charge on any atom is 0.247 e. The molecule has 0 bridgehead atoms. The first-order chi connectivity index (χ1) is 13.6. The van der Waals surface area contributed by atoms with E-state index in [2.05, 4.69) is 15.9 Å². The molecule has 5 nitrogen and oxygen atoms in total. The van der Waals surface area contributed by atoms with Crippen LogP contribution >= 0.6 is 15.9 Å². The molecule has 0 N–H and O–H groups in total. The number of ether oxygens (including phenoxy) is 3. The van der Waals surface area contributed by atoms with Crippen molar-refractivity contribution in [3.05, 3.63) is 58.1 Å². The lowest BCUT2D eigenvalue weighted by Gasteiger charge is -2.25. The third kappa shape index (κ3) is 4.33. The minimum absolute atomic E-state index is 0.00926. The lowest BCUT2D eigenvalue weighted by Crippen LogP contribution is -2.29. The molecular weight excluding hydrogens is 422 g/mol. The molecule has 0 spiro atoms. The summed E-state index contributed by atoms with van der Waals surface area (Å²) in [6.07, 6.45) is 5.31. The number of hydrogen-bond acceptors (Lipinski definition) is 4. The molecule has 1 heterocycles. The van der Waals surface area contributed by atoms with Crippen molar-refractivity contribution in [1.82, 2.24) is 4.90 Å². The monoisotopic (exact) mass is 445 g/mol. The molecule has 1 atom stereocenters. The van der Waals surface area contributed by atoms with E-state index >= 15 is 0 Å². The van der Waals surface area contributed by atoms with Crippen LogP contribution in [-0.4, -0.2) is 38.7 Å². The van der Waals surface area contributed by atoms with E-state index in [0.29, 0.717) is 11.5 Å². The van der Waals surface area contributed by atoms with E-state index in [4.69, 9.17) is 14.2 Å². The van der Waals surface area contributed by atoms with Gasteiger partial charge in [0, 0.05) is 22.7 Å². The summed E-state index contributed by atoms with van der Waals surface area (Å²) in [5, 5.41) is 0. The number of methoxy groups -OCH3 is 3. The van der Waals surface area contributed by atoms with Crippen LogP contribution in [0.5, 0.6) is 17.2 Å². The molecule has 1 unspecified atom stereocenters. The summed E-state index contributed by atoms with van der Waals surface area (Å²) in [5.41, 5.74) is 1.91. The Hall–Kier alpha value is -2.47. The zero-order valence-electron chi connectivity index (χ0n) is 16.3. The highest BCUT2D eigenvalue weighted by Gasteiger charge is 2.31. The van der Waals surface area contributed by atoms with Gasteiger partial charge >= 0.3 is 0 Å². The number of carbonyl (C=O) groups excluding carboxylic acids is 1. The van der Waals surface area contributed by atoms with E-state index < -0.39 is 0 Å². The fourth-order valence-electron chi connectivity index (χ4n) is 3.54. The van der Waals surface area contributed by atoms with Gasteiger partial charge in [0.1, 0.15) is 5.75 Å². The van der Waals surface area contributed by atoms with Crippen LogP contribution in [0.2, 0.25) is 0 Å². The lowest BCUT2D eigenvalue weighted by molar-refractivity contribution is -0.126. The number of halogens is 1. The standard InChI is InChI=1S/C22H24BrNO4/c1-26-19-10-8-16(23)14-17(19)18-5-4-12-24(18)22(25)11-7-15-6-9-20(27-2)21(13-15)28-3/h6-11,13-14,18H,4-5,12H2,1-3H3. The molecule has 148 valence electrons. The summed E-state index contributed by atoms with van der Waals surface area (Å²) in [4.78, 5) is 14.8. The molecule has 0 aliphatic carbocycles. The number of carbonyl (C=O) groups is 1. The molecule has 1 fully saturated rings. The number of nitrogens with zero attached hydrogens (tertiary/aromatic N) is 1. The van der Waals surface area contributed by atoms with Gasteiger partial charge in [-0.3, -0.25) is 4.79 Å². The van der Waals surface area contributed by atoms with Crippen molar-refractivity contribution in [3.63, 3.8) is 0 Å². The van der Waals surface area contributed by atoms with Gasteiger partial charge in [0.15, 0.2) is 11.5 Å². The molecule has 2 aromatic carbocycles. The fourth-order valence-corrected chi connectivity index (χ4v) is 3.92.